The number of halogens is 1. The van der Waals surface area contributed by atoms with Gasteiger partial charge in [0.25, 0.3) is 5.91 Å². The highest BCUT2D eigenvalue weighted by Gasteiger charge is 2.28. The molecule has 1 aliphatic heterocycles. The van der Waals surface area contributed by atoms with Gasteiger partial charge in [0.2, 0.25) is 0 Å². The summed E-state index contributed by atoms with van der Waals surface area (Å²) >= 11 is 5.75. The predicted octanol–water partition coefficient (Wildman–Crippen LogP) is 2.39. The van der Waals surface area contributed by atoms with Crippen LogP contribution in [-0.2, 0) is 0 Å². The zero-order valence-electron chi connectivity index (χ0n) is 10.1. The summed E-state index contributed by atoms with van der Waals surface area (Å²) < 4.78 is 0. The van der Waals surface area contributed by atoms with Gasteiger partial charge in [0.05, 0.1) is 12.4 Å². The molecule has 1 saturated heterocycles. The van der Waals surface area contributed by atoms with Crippen molar-refractivity contribution in [1.82, 2.24) is 14.9 Å². The molecule has 0 spiro atoms. The molecule has 0 aliphatic carbocycles. The van der Waals surface area contributed by atoms with Crippen molar-refractivity contribution in [3.63, 3.8) is 0 Å². The first kappa shape index (κ1) is 12.3. The fourth-order valence-electron chi connectivity index (χ4n) is 2.16. The lowest BCUT2D eigenvalue weighted by atomic mass is 9.95. The Morgan fingerprint density at radius 2 is 2.18 bits per heavy atom. The van der Waals surface area contributed by atoms with Crippen molar-refractivity contribution in [3.05, 3.63) is 23.2 Å². The molecule has 2 rings (SSSR count). The summed E-state index contributed by atoms with van der Waals surface area (Å²) in [5, 5.41) is 0.258. The third-order valence-corrected chi connectivity index (χ3v) is 3.38. The van der Waals surface area contributed by atoms with Gasteiger partial charge in [0.1, 0.15) is 10.8 Å². The molecule has 1 aliphatic rings. The Morgan fingerprint density at radius 3 is 2.88 bits per heavy atom. The highest BCUT2D eigenvalue weighted by molar-refractivity contribution is 6.29. The molecule has 0 N–H and O–H groups in total. The van der Waals surface area contributed by atoms with Crippen LogP contribution in [0.3, 0.4) is 0 Å². The molecule has 2 heterocycles. The Morgan fingerprint density at radius 1 is 1.41 bits per heavy atom. The highest BCUT2D eigenvalue weighted by atomic mass is 35.5. The number of amides is 1. The van der Waals surface area contributed by atoms with Gasteiger partial charge in [0, 0.05) is 12.6 Å². The van der Waals surface area contributed by atoms with Crippen LogP contribution in [0.5, 0.6) is 0 Å². The smallest absolute Gasteiger partial charge is 0.274 e. The van der Waals surface area contributed by atoms with Crippen molar-refractivity contribution in [2.24, 2.45) is 5.92 Å². The Kier molecular flexibility index (Phi) is 3.62. The third kappa shape index (κ3) is 2.75. The van der Waals surface area contributed by atoms with E-state index in [1.807, 2.05) is 4.90 Å². The van der Waals surface area contributed by atoms with E-state index in [2.05, 4.69) is 23.8 Å². The second kappa shape index (κ2) is 5.00. The average molecular weight is 254 g/mol. The number of carbonyl (C=O) groups excluding carboxylic acids is 1. The van der Waals surface area contributed by atoms with Gasteiger partial charge in [0.15, 0.2) is 0 Å². The molecule has 2 unspecified atom stereocenters. The van der Waals surface area contributed by atoms with Gasteiger partial charge in [-0.1, -0.05) is 18.5 Å². The van der Waals surface area contributed by atoms with Crippen LogP contribution >= 0.6 is 11.6 Å². The SMILES string of the molecule is CC1CCC(C)N(C(=O)c2cncc(Cl)n2)C1. The summed E-state index contributed by atoms with van der Waals surface area (Å²) in [6, 6.07) is 0.263. The van der Waals surface area contributed by atoms with E-state index in [1.54, 1.807) is 0 Å². The van der Waals surface area contributed by atoms with Crippen molar-refractivity contribution < 1.29 is 4.79 Å². The van der Waals surface area contributed by atoms with E-state index in [1.165, 1.54) is 18.8 Å². The minimum absolute atomic E-state index is 0.0703. The highest BCUT2D eigenvalue weighted by Crippen LogP contribution is 2.22. The van der Waals surface area contributed by atoms with Gasteiger partial charge in [-0.3, -0.25) is 9.78 Å². The zero-order chi connectivity index (χ0) is 12.4. The number of hydrogen-bond acceptors (Lipinski definition) is 3. The Hall–Kier alpha value is -1.16. The number of aromatic nitrogens is 2. The number of piperidine rings is 1. The van der Waals surface area contributed by atoms with Crippen molar-refractivity contribution >= 4 is 17.5 Å². The summed E-state index contributed by atoms with van der Waals surface area (Å²) in [6.07, 6.45) is 5.12. The van der Waals surface area contributed by atoms with E-state index >= 15 is 0 Å². The number of nitrogens with zero attached hydrogens (tertiary/aromatic N) is 3. The van der Waals surface area contributed by atoms with Gasteiger partial charge in [-0.05, 0) is 25.7 Å². The summed E-state index contributed by atoms with van der Waals surface area (Å²) in [4.78, 5) is 22.1. The van der Waals surface area contributed by atoms with Gasteiger partial charge >= 0.3 is 0 Å². The van der Waals surface area contributed by atoms with Crippen LogP contribution in [-0.4, -0.2) is 33.4 Å². The first-order valence-corrected chi connectivity index (χ1v) is 6.24. The fourth-order valence-corrected chi connectivity index (χ4v) is 2.31. The maximum Gasteiger partial charge on any atom is 0.274 e. The predicted molar refractivity (Wildman–Crippen MR) is 65.9 cm³/mol. The lowest BCUT2D eigenvalue weighted by Crippen LogP contribution is -2.45. The molecular weight excluding hydrogens is 238 g/mol. The Labute approximate surface area is 106 Å². The summed E-state index contributed by atoms with van der Waals surface area (Å²) in [5.74, 6) is 0.473. The average Bonchev–Trinajstić information content (AvgIpc) is 2.31. The molecule has 0 saturated carbocycles. The Bertz CT molecular complexity index is 424. The van der Waals surface area contributed by atoms with E-state index in [0.29, 0.717) is 11.6 Å². The minimum Gasteiger partial charge on any atom is -0.334 e. The van der Waals surface area contributed by atoms with E-state index < -0.39 is 0 Å². The van der Waals surface area contributed by atoms with Crippen LogP contribution < -0.4 is 0 Å². The van der Waals surface area contributed by atoms with Crippen molar-refractivity contribution in [3.8, 4) is 0 Å². The van der Waals surface area contributed by atoms with Crippen LogP contribution in [0.15, 0.2) is 12.4 Å². The molecule has 0 bridgehead atoms. The minimum atomic E-state index is -0.0703. The van der Waals surface area contributed by atoms with Crippen LogP contribution in [0, 0.1) is 5.92 Å². The number of likely N-dealkylation sites (tertiary alicyclic amines) is 1. The lowest BCUT2D eigenvalue weighted by molar-refractivity contribution is 0.0567. The van der Waals surface area contributed by atoms with Gasteiger partial charge in [-0.25, -0.2) is 4.98 Å². The fraction of sp³-hybridized carbons (Fsp3) is 0.583. The molecular formula is C12H16ClN3O. The molecule has 0 aromatic carbocycles. The standard InChI is InChI=1S/C12H16ClN3O/c1-8-3-4-9(2)16(7-8)12(17)10-5-14-6-11(13)15-10/h5-6,8-9H,3-4,7H2,1-2H3. The molecule has 4 nitrogen and oxygen atoms in total. The topological polar surface area (TPSA) is 46.1 Å². The normalized spacial score (nSPS) is 24.8. The molecule has 1 aromatic rings. The summed E-state index contributed by atoms with van der Waals surface area (Å²) in [7, 11) is 0. The quantitative estimate of drug-likeness (QED) is 0.772. The summed E-state index contributed by atoms with van der Waals surface area (Å²) in [5.41, 5.74) is 0.332. The molecule has 0 radical (unpaired) electrons. The molecule has 1 fully saturated rings. The molecule has 17 heavy (non-hydrogen) atoms. The lowest BCUT2D eigenvalue weighted by Gasteiger charge is -2.36. The Balaban J connectivity index is 2.18. The first-order chi connectivity index (χ1) is 8.08. The molecule has 1 amide bonds. The van der Waals surface area contributed by atoms with Crippen LogP contribution in [0.2, 0.25) is 5.15 Å². The largest absolute Gasteiger partial charge is 0.334 e. The number of rotatable bonds is 1. The zero-order valence-corrected chi connectivity index (χ0v) is 10.8. The monoisotopic (exact) mass is 253 g/mol. The third-order valence-electron chi connectivity index (χ3n) is 3.20. The van der Waals surface area contributed by atoms with Crippen LogP contribution in [0.1, 0.15) is 37.2 Å². The van der Waals surface area contributed by atoms with E-state index in [-0.39, 0.29) is 17.1 Å². The number of hydrogen-bond donors (Lipinski definition) is 0. The number of carbonyl (C=O) groups is 1. The second-order valence-corrected chi connectivity index (χ2v) is 5.10. The van der Waals surface area contributed by atoms with Gasteiger partial charge < -0.3 is 4.90 Å². The molecule has 2 atom stereocenters. The molecule has 1 aromatic heterocycles. The van der Waals surface area contributed by atoms with Gasteiger partial charge in [-0.15, -0.1) is 0 Å². The van der Waals surface area contributed by atoms with E-state index in [0.717, 1.165) is 13.0 Å². The maximum atomic E-state index is 12.3. The second-order valence-electron chi connectivity index (χ2n) is 4.72. The van der Waals surface area contributed by atoms with Crippen molar-refractivity contribution in [1.29, 1.82) is 0 Å². The molecule has 5 heteroatoms. The van der Waals surface area contributed by atoms with Crippen molar-refractivity contribution in [2.45, 2.75) is 32.7 Å². The van der Waals surface area contributed by atoms with Crippen LogP contribution in [0.4, 0.5) is 0 Å². The summed E-state index contributed by atoms with van der Waals surface area (Å²) in [6.45, 7) is 5.02. The van der Waals surface area contributed by atoms with Gasteiger partial charge in [-0.2, -0.15) is 0 Å². The van der Waals surface area contributed by atoms with Crippen LogP contribution in [0.25, 0.3) is 0 Å². The molecule has 92 valence electrons. The van der Waals surface area contributed by atoms with Crippen molar-refractivity contribution in [2.75, 3.05) is 6.54 Å². The first-order valence-electron chi connectivity index (χ1n) is 5.86. The maximum absolute atomic E-state index is 12.3. The van der Waals surface area contributed by atoms with E-state index in [9.17, 15) is 4.79 Å². The van der Waals surface area contributed by atoms with E-state index in [4.69, 9.17) is 11.6 Å².